The third-order valence-corrected chi connectivity index (χ3v) is 5.81. The molecular formula is C25H24N2O7. The number of furan rings is 2. The average molecular weight is 464 g/mol. The summed E-state index contributed by atoms with van der Waals surface area (Å²) in [6, 6.07) is 11.7. The molecule has 0 saturated carbocycles. The smallest absolute Gasteiger partial charge is 0.337 e. The van der Waals surface area contributed by atoms with Crippen molar-refractivity contribution in [3.05, 3.63) is 95.0 Å². The van der Waals surface area contributed by atoms with Crippen LogP contribution in [0, 0.1) is 0 Å². The molecular weight excluding hydrogens is 440 g/mol. The fraction of sp³-hybridized carbons (Fsp3) is 0.240. The number of nitrogens with zero attached hydrogens (tertiary/aromatic N) is 2. The number of carbonyl (C=O) groups is 3. The lowest BCUT2D eigenvalue weighted by atomic mass is 9.94. The summed E-state index contributed by atoms with van der Waals surface area (Å²) in [5.74, 6) is -1.80. The number of ether oxygens (including phenoxy) is 1. The summed E-state index contributed by atoms with van der Waals surface area (Å²) in [6.07, 6.45) is 2.89. The molecule has 0 bridgehead atoms. The normalized spacial score (nSPS) is 16.9. The van der Waals surface area contributed by atoms with Crippen molar-refractivity contribution in [3.63, 3.8) is 0 Å². The summed E-state index contributed by atoms with van der Waals surface area (Å²) in [4.78, 5) is 41.7. The summed E-state index contributed by atoms with van der Waals surface area (Å²) < 4.78 is 15.6. The summed E-state index contributed by atoms with van der Waals surface area (Å²) in [6.45, 7) is 0.127. The van der Waals surface area contributed by atoms with Crippen molar-refractivity contribution in [2.45, 2.75) is 12.1 Å². The Morgan fingerprint density at radius 2 is 1.76 bits per heavy atom. The maximum Gasteiger partial charge on any atom is 0.337 e. The molecule has 1 N–H and O–H groups in total. The number of rotatable bonds is 8. The predicted molar refractivity (Wildman–Crippen MR) is 120 cm³/mol. The van der Waals surface area contributed by atoms with Gasteiger partial charge in [-0.3, -0.25) is 14.5 Å². The minimum atomic E-state index is -0.908. The van der Waals surface area contributed by atoms with Gasteiger partial charge in [-0.2, -0.15) is 0 Å². The molecule has 1 aromatic carbocycles. The summed E-state index contributed by atoms with van der Waals surface area (Å²) in [5.41, 5.74) is 0.760. The zero-order chi connectivity index (χ0) is 24.4. The number of aliphatic hydroxyl groups excluding tert-OH is 1. The van der Waals surface area contributed by atoms with Crippen molar-refractivity contribution in [1.82, 2.24) is 9.80 Å². The first-order valence-corrected chi connectivity index (χ1v) is 10.5. The van der Waals surface area contributed by atoms with Crippen LogP contribution in [0.25, 0.3) is 0 Å². The van der Waals surface area contributed by atoms with Gasteiger partial charge in [-0.25, -0.2) is 4.79 Å². The van der Waals surface area contributed by atoms with E-state index >= 15 is 0 Å². The second-order valence-corrected chi connectivity index (χ2v) is 8.04. The summed E-state index contributed by atoms with van der Waals surface area (Å²) in [5, 5.41) is 10.8. The number of Topliss-reactive ketones (excluding diaryl/α,β-unsaturated/α-hetero) is 1. The number of ketones is 1. The van der Waals surface area contributed by atoms with Crippen LogP contribution < -0.4 is 0 Å². The molecule has 0 aliphatic carbocycles. The van der Waals surface area contributed by atoms with Gasteiger partial charge in [-0.05, 0) is 56.1 Å². The highest BCUT2D eigenvalue weighted by molar-refractivity contribution is 6.15. The fourth-order valence-electron chi connectivity index (χ4n) is 4.06. The number of hydrogen-bond acceptors (Lipinski definition) is 8. The van der Waals surface area contributed by atoms with Crippen LogP contribution in [0.5, 0.6) is 0 Å². The topological polar surface area (TPSA) is 113 Å². The van der Waals surface area contributed by atoms with Crippen LogP contribution >= 0.6 is 0 Å². The minimum absolute atomic E-state index is 0.00238. The first-order chi connectivity index (χ1) is 16.3. The third-order valence-electron chi connectivity index (χ3n) is 5.81. The van der Waals surface area contributed by atoms with Gasteiger partial charge < -0.3 is 23.6 Å². The number of benzene rings is 1. The van der Waals surface area contributed by atoms with Crippen molar-refractivity contribution in [1.29, 1.82) is 0 Å². The van der Waals surface area contributed by atoms with Crippen LogP contribution in [0.4, 0.5) is 0 Å². The molecule has 4 rings (SSSR count). The maximum atomic E-state index is 13.3. The van der Waals surface area contributed by atoms with Gasteiger partial charge in [0, 0.05) is 6.54 Å². The molecule has 0 spiro atoms. The van der Waals surface area contributed by atoms with Crippen molar-refractivity contribution < 1.29 is 33.1 Å². The third kappa shape index (κ3) is 4.13. The quantitative estimate of drug-likeness (QED) is 0.398. The minimum Gasteiger partial charge on any atom is -0.503 e. The number of carbonyl (C=O) groups excluding carboxylic acids is 3. The van der Waals surface area contributed by atoms with Crippen molar-refractivity contribution in [2.75, 3.05) is 27.7 Å². The Hall–Kier alpha value is -4.11. The lowest BCUT2D eigenvalue weighted by molar-refractivity contribution is -0.130. The number of likely N-dealkylation sites (N-methyl/N-ethyl adjacent to an activating group) is 1. The molecule has 0 fully saturated rings. The van der Waals surface area contributed by atoms with E-state index in [2.05, 4.69) is 0 Å². The Kier molecular flexibility index (Phi) is 6.38. The monoisotopic (exact) mass is 464 g/mol. The van der Waals surface area contributed by atoms with Crippen LogP contribution in [-0.4, -0.2) is 60.3 Å². The van der Waals surface area contributed by atoms with Gasteiger partial charge >= 0.3 is 5.97 Å². The van der Waals surface area contributed by atoms with Gasteiger partial charge in [0.1, 0.15) is 5.76 Å². The lowest BCUT2D eigenvalue weighted by Crippen LogP contribution is -2.38. The number of esters is 1. The largest absolute Gasteiger partial charge is 0.503 e. The molecule has 2 atom stereocenters. The molecule has 2 aromatic heterocycles. The molecule has 9 heteroatoms. The molecule has 1 aliphatic rings. The number of aliphatic hydroxyl groups is 1. The Balaban J connectivity index is 1.78. The second kappa shape index (κ2) is 9.40. The van der Waals surface area contributed by atoms with E-state index in [9.17, 15) is 19.5 Å². The second-order valence-electron chi connectivity index (χ2n) is 8.04. The molecule has 0 radical (unpaired) electrons. The Bertz CT molecular complexity index is 1210. The van der Waals surface area contributed by atoms with Gasteiger partial charge in [0.05, 0.1) is 42.9 Å². The Labute approximate surface area is 195 Å². The van der Waals surface area contributed by atoms with Crippen molar-refractivity contribution >= 4 is 17.7 Å². The molecule has 176 valence electrons. The van der Waals surface area contributed by atoms with Crippen molar-refractivity contribution in [3.8, 4) is 0 Å². The van der Waals surface area contributed by atoms with E-state index in [1.165, 1.54) is 24.3 Å². The highest BCUT2D eigenvalue weighted by Gasteiger charge is 2.45. The van der Waals surface area contributed by atoms with Crippen LogP contribution in [0.3, 0.4) is 0 Å². The standard InChI is InChI=1S/C25H24N2O7/c1-26(2)17(18-6-4-12-33-18)14-27-21(15-8-10-16(11-9-15)25(31)32-3)20(23(29)24(27)30)22(28)19-7-5-13-34-19/h4-13,17,21,29H,14H2,1-3H3. The first kappa shape index (κ1) is 23.1. The average Bonchev–Trinajstić information content (AvgIpc) is 3.60. The van der Waals surface area contributed by atoms with Gasteiger partial charge in [0.25, 0.3) is 5.91 Å². The van der Waals surface area contributed by atoms with E-state index in [4.69, 9.17) is 13.6 Å². The molecule has 3 heterocycles. The zero-order valence-corrected chi connectivity index (χ0v) is 18.9. The van der Waals surface area contributed by atoms with Crippen LogP contribution in [0.15, 0.2) is 81.2 Å². The molecule has 0 saturated heterocycles. The highest BCUT2D eigenvalue weighted by Crippen LogP contribution is 2.40. The molecule has 1 amide bonds. The van der Waals surface area contributed by atoms with E-state index in [-0.39, 0.29) is 23.9 Å². The van der Waals surface area contributed by atoms with Gasteiger partial charge in [-0.1, -0.05) is 12.1 Å². The van der Waals surface area contributed by atoms with Crippen LogP contribution in [-0.2, 0) is 9.53 Å². The van der Waals surface area contributed by atoms with Crippen LogP contribution in [0.2, 0.25) is 0 Å². The number of hydrogen-bond donors (Lipinski definition) is 1. The van der Waals surface area contributed by atoms with Gasteiger partial charge in [0.15, 0.2) is 11.5 Å². The van der Waals surface area contributed by atoms with Crippen LogP contribution in [0.1, 0.15) is 44.3 Å². The van der Waals surface area contributed by atoms with E-state index in [1.807, 2.05) is 19.0 Å². The molecule has 1 aliphatic heterocycles. The molecule has 34 heavy (non-hydrogen) atoms. The maximum absolute atomic E-state index is 13.3. The number of amides is 1. The first-order valence-electron chi connectivity index (χ1n) is 10.5. The van der Waals surface area contributed by atoms with E-state index < -0.39 is 29.5 Å². The molecule has 2 unspecified atom stereocenters. The Morgan fingerprint density at radius 1 is 1.09 bits per heavy atom. The van der Waals surface area contributed by atoms with E-state index in [0.717, 1.165) is 0 Å². The lowest BCUT2D eigenvalue weighted by Gasteiger charge is -2.32. The predicted octanol–water partition coefficient (Wildman–Crippen LogP) is 3.54. The SMILES string of the molecule is COC(=O)c1ccc(C2C(C(=O)c3ccco3)=C(O)C(=O)N2CC(c2ccco2)N(C)C)cc1. The van der Waals surface area contributed by atoms with Gasteiger partial charge in [-0.15, -0.1) is 0 Å². The number of methoxy groups -OCH3 is 1. The van der Waals surface area contributed by atoms with E-state index in [1.54, 1.807) is 48.7 Å². The van der Waals surface area contributed by atoms with Gasteiger partial charge in [0.2, 0.25) is 5.78 Å². The summed E-state index contributed by atoms with van der Waals surface area (Å²) >= 11 is 0. The highest BCUT2D eigenvalue weighted by atomic mass is 16.5. The zero-order valence-electron chi connectivity index (χ0n) is 18.9. The summed E-state index contributed by atoms with van der Waals surface area (Å²) in [7, 11) is 4.97. The van der Waals surface area contributed by atoms with E-state index in [0.29, 0.717) is 16.9 Å². The van der Waals surface area contributed by atoms with Crippen molar-refractivity contribution in [2.24, 2.45) is 0 Å². The molecule has 3 aromatic rings. The molecule has 9 nitrogen and oxygen atoms in total. The fourth-order valence-corrected chi connectivity index (χ4v) is 4.06. The Morgan fingerprint density at radius 3 is 2.32 bits per heavy atom.